The fourth-order valence-electron chi connectivity index (χ4n) is 4.67. The minimum atomic E-state index is -1.06. The summed E-state index contributed by atoms with van der Waals surface area (Å²) in [6.07, 6.45) is 2.98. The normalized spacial score (nSPS) is 23.0. The smallest absolute Gasteiger partial charge is 0.322 e. The van der Waals surface area contributed by atoms with E-state index in [1.165, 1.54) is 0 Å². The molecule has 8 nitrogen and oxygen atoms in total. The molecule has 4 amide bonds. The van der Waals surface area contributed by atoms with E-state index in [0.717, 1.165) is 45.2 Å². The first-order chi connectivity index (χ1) is 16.4. The zero-order valence-electron chi connectivity index (χ0n) is 19.0. The summed E-state index contributed by atoms with van der Waals surface area (Å²) in [5.41, 5.74) is 3.53. The zero-order chi connectivity index (χ0) is 23.7. The van der Waals surface area contributed by atoms with Crippen LogP contribution < -0.4 is 10.7 Å². The number of hydrazine groups is 1. The molecule has 3 heterocycles. The number of hydrogen-bond acceptors (Lipinski definition) is 6. The predicted molar refractivity (Wildman–Crippen MR) is 130 cm³/mol. The van der Waals surface area contributed by atoms with Gasteiger partial charge in [0.15, 0.2) is 0 Å². The monoisotopic (exact) mass is 477 g/mol. The minimum Gasteiger partial charge on any atom is -0.322 e. The Kier molecular flexibility index (Phi) is 6.05. The number of aryl methyl sites for hydroxylation is 1. The molecular weight excluding hydrogens is 450 g/mol. The van der Waals surface area contributed by atoms with Crippen LogP contribution in [0.5, 0.6) is 0 Å². The number of thiazole rings is 1. The number of benzene rings is 2. The SMILES string of the molecule is C[C@@]1(CCc2ccccc2)NC(=O)N(NC(=O)CN2CCC[C@@H]2c2nc3ccccc3s2)C1=O. The molecule has 2 aliphatic heterocycles. The number of likely N-dealkylation sites (tertiary alicyclic amines) is 1. The summed E-state index contributed by atoms with van der Waals surface area (Å²) in [6.45, 7) is 2.56. The Bertz CT molecular complexity index is 1200. The summed E-state index contributed by atoms with van der Waals surface area (Å²) in [7, 11) is 0. The Balaban J connectivity index is 1.21. The Morgan fingerprint density at radius 3 is 2.74 bits per heavy atom. The molecule has 0 radical (unpaired) electrons. The van der Waals surface area contributed by atoms with Gasteiger partial charge >= 0.3 is 6.03 Å². The van der Waals surface area contributed by atoms with Crippen LogP contribution in [0.1, 0.15) is 42.8 Å². The van der Waals surface area contributed by atoms with Gasteiger partial charge in [0.2, 0.25) is 0 Å². The van der Waals surface area contributed by atoms with Crippen LogP contribution in [0.3, 0.4) is 0 Å². The average molecular weight is 478 g/mol. The van der Waals surface area contributed by atoms with E-state index >= 15 is 0 Å². The van der Waals surface area contributed by atoms with Crippen LogP contribution in [-0.2, 0) is 16.0 Å². The second kappa shape index (κ2) is 9.15. The van der Waals surface area contributed by atoms with E-state index in [1.807, 2.05) is 48.5 Å². The number of nitrogens with one attached hydrogen (secondary N) is 2. The maximum absolute atomic E-state index is 13.0. The van der Waals surface area contributed by atoms with E-state index in [4.69, 9.17) is 4.98 Å². The van der Waals surface area contributed by atoms with E-state index in [1.54, 1.807) is 18.3 Å². The van der Waals surface area contributed by atoms with Crippen molar-refractivity contribution in [1.82, 2.24) is 25.6 Å². The molecule has 9 heteroatoms. The summed E-state index contributed by atoms with van der Waals surface area (Å²) in [6, 6.07) is 17.3. The van der Waals surface area contributed by atoms with Crippen LogP contribution in [0.2, 0.25) is 0 Å². The van der Waals surface area contributed by atoms with Crippen molar-refractivity contribution in [2.45, 2.75) is 44.2 Å². The van der Waals surface area contributed by atoms with Crippen molar-refractivity contribution in [2.24, 2.45) is 0 Å². The predicted octanol–water partition coefficient (Wildman–Crippen LogP) is 3.41. The Morgan fingerprint density at radius 2 is 1.94 bits per heavy atom. The molecule has 2 aromatic carbocycles. The van der Waals surface area contributed by atoms with Crippen LogP contribution in [0.25, 0.3) is 10.2 Å². The summed E-state index contributed by atoms with van der Waals surface area (Å²) in [5, 5.41) is 4.57. The molecule has 3 aromatic rings. The quantitative estimate of drug-likeness (QED) is 0.509. The molecular formula is C25H27N5O3S. The van der Waals surface area contributed by atoms with Gasteiger partial charge in [-0.3, -0.25) is 19.9 Å². The van der Waals surface area contributed by atoms with E-state index in [2.05, 4.69) is 21.7 Å². The van der Waals surface area contributed by atoms with Gasteiger partial charge in [0, 0.05) is 0 Å². The van der Waals surface area contributed by atoms with Gasteiger partial charge in [-0.2, -0.15) is 5.01 Å². The molecule has 0 spiro atoms. The van der Waals surface area contributed by atoms with Gasteiger partial charge in [0.25, 0.3) is 11.8 Å². The highest BCUT2D eigenvalue weighted by atomic mass is 32.1. The molecule has 0 saturated carbocycles. The molecule has 2 atom stereocenters. The lowest BCUT2D eigenvalue weighted by molar-refractivity contribution is -0.139. The van der Waals surface area contributed by atoms with Gasteiger partial charge in [-0.25, -0.2) is 9.78 Å². The van der Waals surface area contributed by atoms with Crippen molar-refractivity contribution < 1.29 is 14.4 Å². The van der Waals surface area contributed by atoms with Crippen molar-refractivity contribution in [3.8, 4) is 0 Å². The van der Waals surface area contributed by atoms with Gasteiger partial charge < -0.3 is 5.32 Å². The molecule has 176 valence electrons. The Labute approximate surface area is 201 Å². The summed E-state index contributed by atoms with van der Waals surface area (Å²) in [4.78, 5) is 45.2. The summed E-state index contributed by atoms with van der Waals surface area (Å²) >= 11 is 1.65. The minimum absolute atomic E-state index is 0.0578. The zero-order valence-corrected chi connectivity index (χ0v) is 19.8. The van der Waals surface area contributed by atoms with Crippen LogP contribution in [0.15, 0.2) is 54.6 Å². The third-order valence-corrected chi connectivity index (χ3v) is 7.70. The third kappa shape index (κ3) is 4.41. The highest BCUT2D eigenvalue weighted by molar-refractivity contribution is 7.18. The maximum Gasteiger partial charge on any atom is 0.344 e. The molecule has 2 saturated heterocycles. The number of hydrogen-bond donors (Lipinski definition) is 2. The first kappa shape index (κ1) is 22.5. The molecule has 2 fully saturated rings. The first-order valence-electron chi connectivity index (χ1n) is 11.5. The largest absolute Gasteiger partial charge is 0.344 e. The van der Waals surface area contributed by atoms with Crippen molar-refractivity contribution in [3.63, 3.8) is 0 Å². The lowest BCUT2D eigenvalue weighted by atomic mass is 9.93. The van der Waals surface area contributed by atoms with Crippen molar-refractivity contribution >= 4 is 39.4 Å². The van der Waals surface area contributed by atoms with E-state index < -0.39 is 17.5 Å². The van der Waals surface area contributed by atoms with E-state index in [9.17, 15) is 14.4 Å². The lowest BCUT2D eigenvalue weighted by Gasteiger charge is -2.24. The standard InChI is InChI=1S/C25H27N5O3S/c1-25(14-13-17-8-3-2-4-9-17)23(32)30(24(33)27-25)28-21(31)16-29-15-7-11-19(29)22-26-18-10-5-6-12-20(18)34-22/h2-6,8-10,12,19H,7,11,13-16H2,1H3,(H,27,33)(H,28,31)/t19-,25+/m1/s1. The number of imide groups is 1. The fraction of sp³-hybridized carbons (Fsp3) is 0.360. The number of para-hydroxylation sites is 1. The topological polar surface area (TPSA) is 94.6 Å². The molecule has 2 N–H and O–H groups in total. The number of amides is 4. The number of nitrogens with zero attached hydrogens (tertiary/aromatic N) is 3. The molecule has 1 aromatic heterocycles. The number of rotatable bonds is 7. The number of urea groups is 1. The van der Waals surface area contributed by atoms with Crippen LogP contribution >= 0.6 is 11.3 Å². The van der Waals surface area contributed by atoms with Gasteiger partial charge in [-0.1, -0.05) is 42.5 Å². The van der Waals surface area contributed by atoms with Gasteiger partial charge in [0.1, 0.15) is 10.5 Å². The van der Waals surface area contributed by atoms with E-state index in [0.29, 0.717) is 12.8 Å². The Hall–Kier alpha value is -3.30. The van der Waals surface area contributed by atoms with Crippen LogP contribution in [-0.4, -0.2) is 51.4 Å². The molecule has 0 unspecified atom stereocenters. The van der Waals surface area contributed by atoms with Gasteiger partial charge in [-0.15, -0.1) is 11.3 Å². The summed E-state index contributed by atoms with van der Waals surface area (Å²) < 4.78 is 1.13. The molecule has 5 rings (SSSR count). The van der Waals surface area contributed by atoms with Crippen LogP contribution in [0, 0.1) is 0 Å². The van der Waals surface area contributed by atoms with Crippen molar-refractivity contribution in [3.05, 3.63) is 65.2 Å². The third-order valence-electron chi connectivity index (χ3n) is 6.56. The number of fused-ring (bicyclic) bond motifs is 1. The molecule has 34 heavy (non-hydrogen) atoms. The van der Waals surface area contributed by atoms with E-state index in [-0.39, 0.29) is 18.5 Å². The number of aromatic nitrogens is 1. The Morgan fingerprint density at radius 1 is 1.18 bits per heavy atom. The maximum atomic E-state index is 13.0. The van der Waals surface area contributed by atoms with Crippen molar-refractivity contribution in [1.29, 1.82) is 0 Å². The fourth-order valence-corrected chi connectivity index (χ4v) is 5.80. The molecule has 2 aliphatic rings. The van der Waals surface area contributed by atoms with Gasteiger partial charge in [0.05, 0.1) is 22.8 Å². The van der Waals surface area contributed by atoms with Crippen molar-refractivity contribution in [2.75, 3.05) is 13.1 Å². The highest BCUT2D eigenvalue weighted by Crippen LogP contribution is 2.36. The average Bonchev–Trinajstić information content (AvgIpc) is 3.52. The second-order valence-corrected chi connectivity index (χ2v) is 10.1. The highest BCUT2D eigenvalue weighted by Gasteiger charge is 2.48. The summed E-state index contributed by atoms with van der Waals surface area (Å²) in [5.74, 6) is -0.824. The van der Waals surface area contributed by atoms with Crippen LogP contribution in [0.4, 0.5) is 4.79 Å². The second-order valence-electron chi connectivity index (χ2n) is 9.07. The first-order valence-corrected chi connectivity index (χ1v) is 12.3. The molecule has 0 bridgehead atoms. The molecule has 0 aliphatic carbocycles. The number of carbonyl (C=O) groups excluding carboxylic acids is 3. The van der Waals surface area contributed by atoms with Gasteiger partial charge in [-0.05, 0) is 56.8 Å². The number of carbonyl (C=O) groups is 3. The lowest BCUT2D eigenvalue weighted by Crippen LogP contribution is -2.51.